The number of hydrogen-bond acceptors (Lipinski definition) is 2. The topological polar surface area (TPSA) is 18.5 Å². The monoisotopic (exact) mass is 556 g/mol. The highest BCUT2D eigenvalue weighted by Gasteiger charge is 2.50. The summed E-state index contributed by atoms with van der Waals surface area (Å²) in [5.41, 5.74) is 1.72. The molecule has 36 heavy (non-hydrogen) atoms. The van der Waals surface area contributed by atoms with Crippen molar-refractivity contribution in [3.05, 3.63) is 11.3 Å². The van der Waals surface area contributed by atoms with Gasteiger partial charge in [-0.3, -0.25) is 0 Å². The average molecular weight is 557 g/mol. The Kier molecular flexibility index (Phi) is 15.3. The van der Waals surface area contributed by atoms with Crippen LogP contribution in [-0.4, -0.2) is 36.9 Å². The fourth-order valence-electron chi connectivity index (χ4n) is 5.70. The van der Waals surface area contributed by atoms with Crippen LogP contribution in [0.5, 0.6) is 0 Å². The molecule has 0 amide bonds. The highest BCUT2D eigenvalue weighted by molar-refractivity contribution is 6.83. The zero-order chi connectivity index (χ0) is 28.5. The Balaban J connectivity index is 7.06. The summed E-state index contributed by atoms with van der Waals surface area (Å²) in [6.45, 7) is 38.8. The van der Waals surface area contributed by atoms with E-state index in [1.807, 2.05) is 0 Å². The quantitative estimate of drug-likeness (QED) is 0.131. The second kappa shape index (κ2) is 15.2. The van der Waals surface area contributed by atoms with Crippen LogP contribution < -0.4 is 0 Å². The molecule has 0 aliphatic heterocycles. The molecule has 0 rings (SSSR count). The Morgan fingerprint density at radius 1 is 0.722 bits per heavy atom. The van der Waals surface area contributed by atoms with Gasteiger partial charge in [-0.05, 0) is 47.6 Å². The molecular formula is C31H68O2Si3. The molecule has 0 aromatic heterocycles. The molecule has 0 spiro atoms. The van der Waals surface area contributed by atoms with Gasteiger partial charge in [-0.1, -0.05) is 139 Å². The maximum atomic E-state index is 7.80. The van der Waals surface area contributed by atoms with Gasteiger partial charge in [-0.15, -0.1) is 0 Å². The minimum absolute atomic E-state index is 0.0957. The van der Waals surface area contributed by atoms with Crippen LogP contribution in [0.4, 0.5) is 0 Å². The number of rotatable bonds is 17. The van der Waals surface area contributed by atoms with Crippen molar-refractivity contribution in [1.29, 1.82) is 0 Å². The van der Waals surface area contributed by atoms with E-state index in [4.69, 9.17) is 8.85 Å². The van der Waals surface area contributed by atoms with Crippen LogP contribution in [0.3, 0.4) is 0 Å². The molecule has 0 aliphatic rings. The van der Waals surface area contributed by atoms with Gasteiger partial charge in [-0.25, -0.2) is 0 Å². The Morgan fingerprint density at radius 2 is 1.19 bits per heavy atom. The van der Waals surface area contributed by atoms with Crippen LogP contribution >= 0.6 is 0 Å². The van der Waals surface area contributed by atoms with Crippen molar-refractivity contribution in [2.24, 2.45) is 0 Å². The summed E-state index contributed by atoms with van der Waals surface area (Å²) < 4.78 is 15.2. The van der Waals surface area contributed by atoms with Crippen molar-refractivity contribution >= 4 is 24.7 Å². The molecular weight excluding hydrogens is 489 g/mol. The van der Waals surface area contributed by atoms with Gasteiger partial charge in [-0.2, -0.15) is 0 Å². The third-order valence-corrected chi connectivity index (χ3v) is 21.6. The van der Waals surface area contributed by atoms with Gasteiger partial charge in [0.15, 0.2) is 8.32 Å². The van der Waals surface area contributed by atoms with Crippen LogP contribution in [0.2, 0.25) is 54.4 Å². The standard InChI is InChI=1S/C31H68O2Si3/c1-17-19-21-23-28(32-35(15,16)31(9,10)11)30(29(34(12,13)14)24-22-20-18-2)33-36(25(3)4,26(5)6)27(7)8/h24-28,30H,17-23H2,1-16H3/b29-24-/t28-,30-/m0/s1. The van der Waals surface area contributed by atoms with Crippen LogP contribution in [-0.2, 0) is 8.85 Å². The molecule has 0 heterocycles. The fourth-order valence-corrected chi connectivity index (χ4v) is 14.6. The molecule has 0 aromatic rings. The lowest BCUT2D eigenvalue weighted by Gasteiger charge is -2.50. The van der Waals surface area contributed by atoms with Gasteiger partial charge in [0.05, 0.1) is 20.3 Å². The van der Waals surface area contributed by atoms with E-state index in [1.165, 1.54) is 32.1 Å². The number of unbranched alkanes of at least 4 members (excludes halogenated alkanes) is 4. The van der Waals surface area contributed by atoms with Gasteiger partial charge in [0.2, 0.25) is 8.32 Å². The molecule has 0 saturated carbocycles. The van der Waals surface area contributed by atoms with E-state index in [0.717, 1.165) is 12.8 Å². The van der Waals surface area contributed by atoms with Crippen LogP contribution in [0.25, 0.3) is 0 Å². The smallest absolute Gasteiger partial charge is 0.201 e. The largest absolute Gasteiger partial charge is 0.411 e. The lowest BCUT2D eigenvalue weighted by atomic mass is 10.0. The summed E-state index contributed by atoms with van der Waals surface area (Å²) >= 11 is 0. The maximum absolute atomic E-state index is 7.80. The summed E-state index contributed by atoms with van der Waals surface area (Å²) in [6.07, 6.45) is 11.4. The molecule has 0 unspecified atom stereocenters. The molecule has 2 atom stereocenters. The van der Waals surface area contributed by atoms with Gasteiger partial charge in [0.25, 0.3) is 0 Å². The van der Waals surface area contributed by atoms with Gasteiger partial charge in [0.1, 0.15) is 0 Å². The van der Waals surface area contributed by atoms with Gasteiger partial charge >= 0.3 is 0 Å². The minimum atomic E-state index is -2.09. The summed E-state index contributed by atoms with van der Waals surface area (Å²) in [5.74, 6) is 0. The van der Waals surface area contributed by atoms with Crippen molar-refractivity contribution in [1.82, 2.24) is 0 Å². The lowest BCUT2D eigenvalue weighted by molar-refractivity contribution is 0.0500. The highest BCUT2D eigenvalue weighted by Crippen LogP contribution is 2.46. The molecule has 0 radical (unpaired) electrons. The molecule has 0 saturated heterocycles. The van der Waals surface area contributed by atoms with Crippen LogP contribution in [0.15, 0.2) is 11.3 Å². The van der Waals surface area contributed by atoms with E-state index in [-0.39, 0.29) is 17.2 Å². The summed E-state index contributed by atoms with van der Waals surface area (Å²) in [4.78, 5) is 0. The summed E-state index contributed by atoms with van der Waals surface area (Å²) in [6, 6.07) is 0. The van der Waals surface area contributed by atoms with Crippen molar-refractivity contribution in [2.75, 3.05) is 0 Å². The molecule has 216 valence electrons. The molecule has 0 aromatic carbocycles. The second-order valence-corrected chi connectivity index (χ2v) is 30.1. The highest BCUT2D eigenvalue weighted by atomic mass is 28.4. The molecule has 0 N–H and O–H groups in total. The van der Waals surface area contributed by atoms with E-state index in [1.54, 1.807) is 5.20 Å². The predicted molar refractivity (Wildman–Crippen MR) is 173 cm³/mol. The zero-order valence-corrected chi connectivity index (χ0v) is 30.7. The maximum Gasteiger partial charge on any atom is 0.201 e. The summed E-state index contributed by atoms with van der Waals surface area (Å²) in [5, 5.41) is 1.81. The predicted octanol–water partition coefficient (Wildman–Crippen LogP) is 11.5. The summed E-state index contributed by atoms with van der Waals surface area (Å²) in [7, 11) is -5.70. The fraction of sp³-hybridized carbons (Fsp3) is 0.935. The van der Waals surface area contributed by atoms with E-state index in [9.17, 15) is 0 Å². The first-order valence-electron chi connectivity index (χ1n) is 15.4. The Hall–Kier alpha value is 0.311. The first-order valence-corrected chi connectivity index (χ1v) is 23.9. The molecule has 5 heteroatoms. The van der Waals surface area contributed by atoms with Gasteiger partial charge < -0.3 is 8.85 Å². The van der Waals surface area contributed by atoms with Crippen molar-refractivity contribution in [2.45, 2.75) is 188 Å². The number of hydrogen-bond donors (Lipinski definition) is 0. The van der Waals surface area contributed by atoms with Gasteiger partial charge in [0, 0.05) is 0 Å². The average Bonchev–Trinajstić information content (AvgIpc) is 2.69. The first-order chi connectivity index (χ1) is 16.3. The molecule has 0 fully saturated rings. The normalized spacial score (nSPS) is 16.4. The van der Waals surface area contributed by atoms with E-state index in [2.05, 4.69) is 115 Å². The second-order valence-electron chi connectivity index (χ2n) is 14.8. The molecule has 2 nitrogen and oxygen atoms in total. The lowest BCUT2D eigenvalue weighted by Crippen LogP contribution is -2.57. The SMILES string of the molecule is CCCC/C=C(/[C@@H](O[Si](C(C)C)(C(C)C)C(C)C)[C@H](CCCCC)O[Si](C)(C)C(C)(C)C)[Si](C)(C)C. The zero-order valence-electron chi connectivity index (χ0n) is 27.7. The van der Waals surface area contributed by atoms with Crippen LogP contribution in [0.1, 0.15) is 121 Å². The third-order valence-electron chi connectivity index (χ3n) is 8.81. The third kappa shape index (κ3) is 10.1. The number of allylic oxidation sites excluding steroid dienone is 1. The molecule has 0 aliphatic carbocycles. The first kappa shape index (κ1) is 36.3. The van der Waals surface area contributed by atoms with E-state index in [0.29, 0.717) is 16.6 Å². The van der Waals surface area contributed by atoms with Crippen LogP contribution in [0, 0.1) is 0 Å². The van der Waals surface area contributed by atoms with Crippen molar-refractivity contribution in [3.8, 4) is 0 Å². The minimum Gasteiger partial charge on any atom is -0.411 e. The Labute approximate surface area is 232 Å². The van der Waals surface area contributed by atoms with Crippen molar-refractivity contribution in [3.63, 3.8) is 0 Å². The molecule has 0 bridgehead atoms. The Bertz CT molecular complexity index is 617. The van der Waals surface area contributed by atoms with Crippen molar-refractivity contribution < 1.29 is 8.85 Å². The Morgan fingerprint density at radius 3 is 1.56 bits per heavy atom. The van der Waals surface area contributed by atoms with E-state index < -0.39 is 24.7 Å². The van der Waals surface area contributed by atoms with E-state index >= 15 is 0 Å².